The van der Waals surface area contributed by atoms with Crippen molar-refractivity contribution in [2.24, 2.45) is 22.1 Å². The number of halogens is 2. The average Bonchev–Trinajstić information content (AvgIpc) is 2.68. The highest BCUT2D eigenvalue weighted by atomic mass is 35.5. The maximum Gasteiger partial charge on any atom is 0.336 e. The molecular formula is C23H28Cl2N2O4. The Morgan fingerprint density at radius 1 is 1.26 bits per heavy atom. The number of carbonyl (C=O) groups excluding carboxylic acids is 2. The molecule has 0 saturated heterocycles. The van der Waals surface area contributed by atoms with Gasteiger partial charge in [-0.2, -0.15) is 0 Å². The third kappa shape index (κ3) is 5.03. The number of nitrogens with zero attached hydrogens (tertiary/aromatic N) is 1. The number of nitrogens with two attached hydrogens (primary N) is 1. The van der Waals surface area contributed by atoms with E-state index in [0.29, 0.717) is 52.9 Å². The molecule has 2 unspecified atom stereocenters. The Morgan fingerprint density at radius 3 is 2.68 bits per heavy atom. The lowest BCUT2D eigenvalue weighted by Crippen LogP contribution is -2.44. The monoisotopic (exact) mass is 466 g/mol. The molecule has 3 rings (SSSR count). The first-order valence-corrected chi connectivity index (χ1v) is 11.2. The average molecular weight is 467 g/mol. The second kappa shape index (κ2) is 9.82. The van der Waals surface area contributed by atoms with Gasteiger partial charge in [0.2, 0.25) is 0 Å². The standard InChI is InChI=1S/C23H28Cl2N2O4/c1-4-31-22(29)20-16(12-30-9-8-26)27-15-10-23(2,3)11-17(28)19(15)18(20)13-6-5-7-14(24)21(13)25/h5-7,18-19H,4,8-12,26H2,1-3H3. The number of Topliss-reactive ketones (excluding diaryl/α,β-unsaturated/α-hetero) is 1. The highest BCUT2D eigenvalue weighted by Gasteiger charge is 2.48. The zero-order valence-electron chi connectivity index (χ0n) is 18.0. The van der Waals surface area contributed by atoms with Crippen molar-refractivity contribution >= 4 is 40.7 Å². The molecule has 1 saturated carbocycles. The first kappa shape index (κ1) is 23.9. The Hall–Kier alpha value is -1.73. The summed E-state index contributed by atoms with van der Waals surface area (Å²) in [6, 6.07) is 5.24. The predicted molar refractivity (Wildman–Crippen MR) is 122 cm³/mol. The van der Waals surface area contributed by atoms with Crippen LogP contribution in [0, 0.1) is 11.3 Å². The van der Waals surface area contributed by atoms with Gasteiger partial charge in [-0.15, -0.1) is 0 Å². The van der Waals surface area contributed by atoms with Crippen LogP contribution in [0.1, 0.15) is 45.1 Å². The van der Waals surface area contributed by atoms with E-state index in [4.69, 9.17) is 43.4 Å². The molecule has 1 aliphatic carbocycles. The van der Waals surface area contributed by atoms with E-state index >= 15 is 0 Å². The van der Waals surface area contributed by atoms with Crippen LogP contribution in [0.2, 0.25) is 10.0 Å². The molecule has 2 atom stereocenters. The number of hydrogen-bond acceptors (Lipinski definition) is 6. The second-order valence-corrected chi connectivity index (χ2v) is 9.39. The lowest BCUT2D eigenvalue weighted by atomic mass is 9.63. The molecular weight excluding hydrogens is 439 g/mol. The smallest absolute Gasteiger partial charge is 0.336 e. The van der Waals surface area contributed by atoms with Crippen molar-refractivity contribution in [1.82, 2.24) is 0 Å². The lowest BCUT2D eigenvalue weighted by molar-refractivity contribution is -0.139. The number of benzene rings is 1. The van der Waals surface area contributed by atoms with E-state index in [0.717, 1.165) is 5.71 Å². The normalized spacial score (nSPS) is 22.8. The molecule has 168 valence electrons. The molecule has 0 spiro atoms. The Kier molecular flexibility index (Phi) is 7.58. The summed E-state index contributed by atoms with van der Waals surface area (Å²) in [7, 11) is 0. The summed E-state index contributed by atoms with van der Waals surface area (Å²) >= 11 is 12.9. The highest BCUT2D eigenvalue weighted by molar-refractivity contribution is 6.42. The van der Waals surface area contributed by atoms with Gasteiger partial charge in [0, 0.05) is 24.6 Å². The van der Waals surface area contributed by atoms with Crippen molar-refractivity contribution in [3.05, 3.63) is 45.1 Å². The van der Waals surface area contributed by atoms with Crippen molar-refractivity contribution < 1.29 is 19.1 Å². The molecule has 1 aliphatic heterocycles. The zero-order valence-corrected chi connectivity index (χ0v) is 19.6. The fraction of sp³-hybridized carbons (Fsp3) is 0.522. The topological polar surface area (TPSA) is 91.0 Å². The summed E-state index contributed by atoms with van der Waals surface area (Å²) in [5.41, 5.74) is 7.43. The molecule has 2 aliphatic rings. The molecule has 1 fully saturated rings. The molecule has 1 aromatic carbocycles. The molecule has 0 amide bonds. The van der Waals surface area contributed by atoms with Gasteiger partial charge in [0.05, 0.1) is 47.1 Å². The van der Waals surface area contributed by atoms with E-state index in [1.807, 2.05) is 13.8 Å². The summed E-state index contributed by atoms with van der Waals surface area (Å²) in [5.74, 6) is -1.74. The van der Waals surface area contributed by atoms with E-state index in [9.17, 15) is 9.59 Å². The highest BCUT2D eigenvalue weighted by Crippen LogP contribution is 2.49. The van der Waals surface area contributed by atoms with E-state index < -0.39 is 17.8 Å². The molecule has 6 nitrogen and oxygen atoms in total. The van der Waals surface area contributed by atoms with Crippen LogP contribution in [0.5, 0.6) is 0 Å². The predicted octanol–water partition coefficient (Wildman–Crippen LogP) is 4.33. The number of ether oxygens (including phenoxy) is 2. The van der Waals surface area contributed by atoms with Gasteiger partial charge in [-0.25, -0.2) is 4.79 Å². The molecule has 1 heterocycles. The van der Waals surface area contributed by atoms with Crippen LogP contribution < -0.4 is 5.73 Å². The second-order valence-electron chi connectivity index (χ2n) is 8.61. The van der Waals surface area contributed by atoms with Gasteiger partial charge < -0.3 is 15.2 Å². The molecule has 1 aromatic rings. The number of ketones is 1. The van der Waals surface area contributed by atoms with Crippen LogP contribution in [0.15, 0.2) is 34.5 Å². The molecule has 0 radical (unpaired) electrons. The van der Waals surface area contributed by atoms with Crippen molar-refractivity contribution in [3.63, 3.8) is 0 Å². The van der Waals surface area contributed by atoms with E-state index in [2.05, 4.69) is 0 Å². The van der Waals surface area contributed by atoms with E-state index in [1.165, 1.54) is 0 Å². The SMILES string of the molecule is CCOC(=O)C1=C(COCCN)N=C2CC(C)(C)CC(=O)C2C1c1cccc(Cl)c1Cl. The first-order valence-electron chi connectivity index (χ1n) is 10.4. The molecule has 0 bridgehead atoms. The number of aliphatic imine (C=N–C) groups is 1. The minimum atomic E-state index is -0.641. The van der Waals surface area contributed by atoms with Crippen LogP contribution in [0.25, 0.3) is 0 Å². The van der Waals surface area contributed by atoms with Crippen molar-refractivity contribution in [1.29, 1.82) is 0 Å². The largest absolute Gasteiger partial charge is 0.463 e. The molecule has 31 heavy (non-hydrogen) atoms. The Balaban J connectivity index is 2.23. The van der Waals surface area contributed by atoms with Crippen molar-refractivity contribution in [2.75, 3.05) is 26.4 Å². The molecule has 2 N–H and O–H groups in total. The summed E-state index contributed by atoms with van der Waals surface area (Å²) in [4.78, 5) is 31.2. The van der Waals surface area contributed by atoms with Gasteiger partial charge >= 0.3 is 5.97 Å². The minimum absolute atomic E-state index is 0.0276. The molecule has 0 aromatic heterocycles. The summed E-state index contributed by atoms with van der Waals surface area (Å²) in [5, 5.41) is 0.674. The van der Waals surface area contributed by atoms with Gasteiger partial charge in [0.1, 0.15) is 5.78 Å². The van der Waals surface area contributed by atoms with Crippen LogP contribution in [-0.4, -0.2) is 43.8 Å². The Labute approximate surface area is 192 Å². The Bertz CT molecular complexity index is 940. The van der Waals surface area contributed by atoms with Crippen LogP contribution in [-0.2, 0) is 19.1 Å². The fourth-order valence-electron chi connectivity index (χ4n) is 4.41. The number of fused-ring (bicyclic) bond motifs is 1. The van der Waals surface area contributed by atoms with Crippen LogP contribution in [0.3, 0.4) is 0 Å². The lowest BCUT2D eigenvalue weighted by Gasteiger charge is -2.41. The van der Waals surface area contributed by atoms with Gasteiger partial charge in [0.25, 0.3) is 0 Å². The van der Waals surface area contributed by atoms with Gasteiger partial charge in [-0.3, -0.25) is 9.79 Å². The number of hydrogen-bond donors (Lipinski definition) is 1. The van der Waals surface area contributed by atoms with E-state index in [-0.39, 0.29) is 24.4 Å². The number of rotatable bonds is 7. The van der Waals surface area contributed by atoms with Gasteiger partial charge in [-0.05, 0) is 30.4 Å². The van der Waals surface area contributed by atoms with Crippen molar-refractivity contribution in [3.8, 4) is 0 Å². The Morgan fingerprint density at radius 2 is 2.00 bits per heavy atom. The van der Waals surface area contributed by atoms with Crippen LogP contribution >= 0.6 is 23.2 Å². The quantitative estimate of drug-likeness (QED) is 0.476. The number of carbonyl (C=O) groups is 2. The first-order chi connectivity index (χ1) is 14.7. The van der Waals surface area contributed by atoms with E-state index in [1.54, 1.807) is 25.1 Å². The van der Waals surface area contributed by atoms with Gasteiger partial charge in [0.15, 0.2) is 0 Å². The van der Waals surface area contributed by atoms with Crippen LogP contribution in [0.4, 0.5) is 0 Å². The maximum absolute atomic E-state index is 13.3. The van der Waals surface area contributed by atoms with Crippen molar-refractivity contribution in [2.45, 2.75) is 39.5 Å². The van der Waals surface area contributed by atoms with Gasteiger partial charge in [-0.1, -0.05) is 49.2 Å². The minimum Gasteiger partial charge on any atom is -0.463 e. The third-order valence-electron chi connectivity index (χ3n) is 5.56. The fourth-order valence-corrected chi connectivity index (χ4v) is 4.83. The molecule has 8 heteroatoms. The third-order valence-corrected chi connectivity index (χ3v) is 6.40. The zero-order chi connectivity index (χ0) is 22.8. The maximum atomic E-state index is 13.3. The number of esters is 1. The summed E-state index contributed by atoms with van der Waals surface area (Å²) in [6.07, 6.45) is 1.02. The summed E-state index contributed by atoms with van der Waals surface area (Å²) in [6.45, 7) is 6.76. The summed E-state index contributed by atoms with van der Waals surface area (Å²) < 4.78 is 11.0.